The molecule has 174 valence electrons. The van der Waals surface area contributed by atoms with Crippen LogP contribution in [-0.4, -0.2) is 46.8 Å². The quantitative estimate of drug-likeness (QED) is 0.349. The van der Waals surface area contributed by atoms with Crippen LogP contribution in [0.25, 0.3) is 0 Å². The lowest BCUT2D eigenvalue weighted by Gasteiger charge is -2.39. The van der Waals surface area contributed by atoms with Crippen LogP contribution in [0.15, 0.2) is 43.0 Å². The molecule has 1 aromatic heterocycles. The Labute approximate surface area is 190 Å². The van der Waals surface area contributed by atoms with Gasteiger partial charge in [-0.1, -0.05) is 20.8 Å². The molecule has 1 saturated heterocycles. The van der Waals surface area contributed by atoms with Gasteiger partial charge in [0.1, 0.15) is 6.61 Å². The molecule has 1 aliphatic heterocycles. The molecule has 2 aromatic rings. The molecule has 0 unspecified atom stereocenters. The SMILES string of the molecule is C[SiH](C)O[C@]1(Cn2ccnc2)C[C@H](C(C)(C)C)CN1C(=O)OCc1ccc([N+](=O)[O-])cc1. The van der Waals surface area contributed by atoms with E-state index < -0.39 is 25.8 Å². The highest BCUT2D eigenvalue weighted by atomic mass is 28.3. The summed E-state index contributed by atoms with van der Waals surface area (Å²) in [7, 11) is -1.52. The first-order valence-corrected chi connectivity index (χ1v) is 13.6. The van der Waals surface area contributed by atoms with E-state index in [0.29, 0.717) is 25.1 Å². The van der Waals surface area contributed by atoms with Crippen molar-refractivity contribution in [3.05, 3.63) is 58.7 Å². The van der Waals surface area contributed by atoms with Gasteiger partial charge in [-0.15, -0.1) is 0 Å². The van der Waals surface area contributed by atoms with Crippen molar-refractivity contribution in [1.82, 2.24) is 14.5 Å². The number of nitrogens with zero attached hydrogens (tertiary/aromatic N) is 4. The Kier molecular flexibility index (Phi) is 7.04. The zero-order valence-electron chi connectivity index (χ0n) is 19.4. The van der Waals surface area contributed by atoms with Crippen LogP contribution in [0.5, 0.6) is 0 Å². The predicted molar refractivity (Wildman–Crippen MR) is 122 cm³/mol. The average Bonchev–Trinajstić information content (AvgIpc) is 3.34. The topological polar surface area (TPSA) is 99.7 Å². The maximum atomic E-state index is 13.3. The first-order chi connectivity index (χ1) is 15.0. The second kappa shape index (κ2) is 9.41. The normalized spacial score (nSPS) is 21.2. The number of non-ortho nitro benzene ring substituents is 1. The molecule has 1 aliphatic rings. The summed E-state index contributed by atoms with van der Waals surface area (Å²) >= 11 is 0. The highest BCUT2D eigenvalue weighted by Gasteiger charge is 2.53. The number of nitro groups is 1. The molecular formula is C22H32N4O5Si. The molecule has 9 nitrogen and oxygen atoms in total. The maximum Gasteiger partial charge on any atom is 0.412 e. The molecule has 2 heterocycles. The number of hydrogen-bond acceptors (Lipinski definition) is 6. The predicted octanol–water partition coefficient (Wildman–Crippen LogP) is 4.19. The maximum absolute atomic E-state index is 13.3. The highest BCUT2D eigenvalue weighted by Crippen LogP contribution is 2.44. The Balaban J connectivity index is 1.83. The number of hydrogen-bond donors (Lipinski definition) is 0. The van der Waals surface area contributed by atoms with Crippen molar-refractivity contribution < 1.29 is 18.9 Å². The molecule has 1 amide bonds. The monoisotopic (exact) mass is 460 g/mol. The van der Waals surface area contributed by atoms with Crippen LogP contribution in [0.1, 0.15) is 32.8 Å². The fourth-order valence-electron chi connectivity index (χ4n) is 4.11. The Bertz CT molecular complexity index is 927. The van der Waals surface area contributed by atoms with Crippen LogP contribution in [0, 0.1) is 21.4 Å². The molecule has 0 saturated carbocycles. The van der Waals surface area contributed by atoms with Crippen LogP contribution in [0.4, 0.5) is 10.5 Å². The Morgan fingerprint density at radius 3 is 2.53 bits per heavy atom. The number of rotatable bonds is 7. The van der Waals surface area contributed by atoms with Crippen molar-refractivity contribution in [2.24, 2.45) is 11.3 Å². The van der Waals surface area contributed by atoms with E-state index in [4.69, 9.17) is 9.16 Å². The standard InChI is InChI=1S/C22H32N4O5Si/c1-21(2,3)18-12-22(31-32(4)5,15-24-11-10-23-16-24)25(13-18)20(27)30-14-17-6-8-19(9-7-17)26(28)29/h6-11,16,18,32H,12-15H2,1-5H3/t18-,22-/m0/s1. The zero-order chi connectivity index (χ0) is 23.5. The minimum atomic E-state index is -1.52. The first-order valence-electron chi connectivity index (χ1n) is 10.8. The molecule has 0 bridgehead atoms. The van der Waals surface area contributed by atoms with Crippen molar-refractivity contribution in [2.75, 3.05) is 6.54 Å². The first kappa shape index (κ1) is 23.9. The third kappa shape index (κ3) is 5.55. The minimum absolute atomic E-state index is 0.00211. The smallest absolute Gasteiger partial charge is 0.412 e. The molecule has 2 atom stereocenters. The van der Waals surface area contributed by atoms with Crippen LogP contribution in [0.3, 0.4) is 0 Å². The van der Waals surface area contributed by atoms with Gasteiger partial charge in [0.15, 0.2) is 14.8 Å². The van der Waals surface area contributed by atoms with Crippen molar-refractivity contribution in [3.63, 3.8) is 0 Å². The van der Waals surface area contributed by atoms with Crippen molar-refractivity contribution in [2.45, 2.75) is 59.2 Å². The van der Waals surface area contributed by atoms with Crippen LogP contribution in [0.2, 0.25) is 13.1 Å². The number of imidazole rings is 1. The minimum Gasteiger partial charge on any atom is -0.444 e. The molecule has 1 fully saturated rings. The van der Waals surface area contributed by atoms with Gasteiger partial charge in [-0.25, -0.2) is 9.78 Å². The molecule has 10 heteroatoms. The number of aromatic nitrogens is 2. The largest absolute Gasteiger partial charge is 0.444 e. The molecular weight excluding hydrogens is 428 g/mol. The molecule has 1 aromatic carbocycles. The Morgan fingerprint density at radius 2 is 2.00 bits per heavy atom. The van der Waals surface area contributed by atoms with E-state index in [1.807, 2.05) is 10.8 Å². The summed E-state index contributed by atoms with van der Waals surface area (Å²) in [6.07, 6.45) is 5.60. The second-order valence-corrected chi connectivity index (χ2v) is 12.0. The fraction of sp³-hybridized carbons (Fsp3) is 0.545. The van der Waals surface area contributed by atoms with Gasteiger partial charge in [0.2, 0.25) is 0 Å². The summed E-state index contributed by atoms with van der Waals surface area (Å²) in [5.41, 5.74) is -0.113. The van der Waals surface area contributed by atoms with E-state index >= 15 is 0 Å². The summed E-state index contributed by atoms with van der Waals surface area (Å²) in [5, 5.41) is 10.9. The van der Waals surface area contributed by atoms with Gasteiger partial charge in [-0.3, -0.25) is 15.0 Å². The molecule has 0 spiro atoms. The van der Waals surface area contributed by atoms with E-state index in [2.05, 4.69) is 38.8 Å². The molecule has 0 aliphatic carbocycles. The van der Waals surface area contributed by atoms with Gasteiger partial charge < -0.3 is 13.7 Å². The van der Waals surface area contributed by atoms with Gasteiger partial charge in [-0.05, 0) is 42.1 Å². The van der Waals surface area contributed by atoms with Gasteiger partial charge in [0.25, 0.3) is 5.69 Å². The molecule has 32 heavy (non-hydrogen) atoms. The van der Waals surface area contributed by atoms with E-state index in [1.54, 1.807) is 29.6 Å². The number of ether oxygens (including phenoxy) is 1. The summed E-state index contributed by atoms with van der Waals surface area (Å²) < 4.78 is 14.2. The Morgan fingerprint density at radius 1 is 1.31 bits per heavy atom. The fourth-order valence-corrected chi connectivity index (χ4v) is 5.28. The van der Waals surface area contributed by atoms with Gasteiger partial charge >= 0.3 is 6.09 Å². The van der Waals surface area contributed by atoms with Crippen LogP contribution < -0.4 is 0 Å². The number of carbonyl (C=O) groups excluding carboxylic acids is 1. The highest BCUT2D eigenvalue weighted by molar-refractivity contribution is 6.48. The molecule has 0 N–H and O–H groups in total. The zero-order valence-corrected chi connectivity index (χ0v) is 20.5. The molecule has 0 radical (unpaired) electrons. The number of nitro benzene ring substituents is 1. The van der Waals surface area contributed by atoms with Crippen LogP contribution >= 0.6 is 0 Å². The Hall–Kier alpha value is -2.72. The second-order valence-electron chi connectivity index (χ2n) is 9.70. The number of likely N-dealkylation sites (tertiary alicyclic amines) is 1. The van der Waals surface area contributed by atoms with Crippen LogP contribution in [-0.2, 0) is 22.3 Å². The summed E-state index contributed by atoms with van der Waals surface area (Å²) in [6.45, 7) is 11.8. The van der Waals surface area contributed by atoms with Gasteiger partial charge in [-0.2, -0.15) is 0 Å². The number of amides is 1. The lowest BCUT2D eigenvalue weighted by atomic mass is 9.79. The van der Waals surface area contributed by atoms with Gasteiger partial charge in [0, 0.05) is 37.5 Å². The van der Waals surface area contributed by atoms with E-state index in [9.17, 15) is 14.9 Å². The van der Waals surface area contributed by atoms with Crippen molar-refractivity contribution in [3.8, 4) is 0 Å². The van der Waals surface area contributed by atoms with Crippen molar-refractivity contribution in [1.29, 1.82) is 0 Å². The van der Waals surface area contributed by atoms with Crippen molar-refractivity contribution >= 4 is 20.8 Å². The number of benzene rings is 1. The third-order valence-electron chi connectivity index (χ3n) is 5.86. The number of carbonyl (C=O) groups is 1. The summed E-state index contributed by atoms with van der Waals surface area (Å²) in [6, 6.07) is 6.02. The third-order valence-corrected chi connectivity index (χ3v) is 6.77. The lowest BCUT2D eigenvalue weighted by Crippen LogP contribution is -2.54. The van der Waals surface area contributed by atoms with E-state index in [1.165, 1.54) is 12.1 Å². The lowest BCUT2D eigenvalue weighted by molar-refractivity contribution is -0.384. The van der Waals surface area contributed by atoms with E-state index in [-0.39, 0.29) is 23.6 Å². The molecule has 3 rings (SSSR count). The van der Waals surface area contributed by atoms with Gasteiger partial charge in [0.05, 0.1) is 17.8 Å². The summed E-state index contributed by atoms with van der Waals surface area (Å²) in [5.74, 6) is 0.241. The van der Waals surface area contributed by atoms with E-state index in [0.717, 1.165) is 0 Å². The summed E-state index contributed by atoms with van der Waals surface area (Å²) in [4.78, 5) is 29.6. The average molecular weight is 461 g/mol.